The second kappa shape index (κ2) is 6.18. The summed E-state index contributed by atoms with van der Waals surface area (Å²) >= 11 is 0. The summed E-state index contributed by atoms with van der Waals surface area (Å²) in [6, 6.07) is 0. The molecule has 0 saturated heterocycles. The molecule has 0 unspecified atom stereocenters. The van der Waals surface area contributed by atoms with Crippen LogP contribution in [0, 0.1) is 5.41 Å². The first kappa shape index (κ1) is 13.6. The Kier molecular flexibility index (Phi) is 6.01. The molecule has 2 nitrogen and oxygen atoms in total. The molecule has 0 bridgehead atoms. The van der Waals surface area contributed by atoms with Crippen LogP contribution < -0.4 is 0 Å². The molecule has 0 aromatic rings. The van der Waals surface area contributed by atoms with Gasteiger partial charge in [-0.05, 0) is 38.8 Å². The van der Waals surface area contributed by atoms with E-state index in [0.717, 1.165) is 32.4 Å². The van der Waals surface area contributed by atoms with Crippen LogP contribution in [-0.2, 0) is 4.79 Å². The lowest BCUT2D eigenvalue weighted by Gasteiger charge is -2.34. The minimum atomic E-state index is 0.205. The van der Waals surface area contributed by atoms with Crippen LogP contribution in [0.3, 0.4) is 0 Å². The second-order valence-electron chi connectivity index (χ2n) is 4.42. The standard InChI is InChI=1S/C12H25NO/c1-6-12(7-2,9-11(4)14)10-13(5)8-3/h6-10H2,1-5H3. The summed E-state index contributed by atoms with van der Waals surface area (Å²) < 4.78 is 0. The summed E-state index contributed by atoms with van der Waals surface area (Å²) in [6.07, 6.45) is 2.91. The van der Waals surface area contributed by atoms with E-state index in [1.54, 1.807) is 6.92 Å². The predicted molar refractivity (Wildman–Crippen MR) is 61.5 cm³/mol. The molecule has 0 heterocycles. The quantitative estimate of drug-likeness (QED) is 0.628. The van der Waals surface area contributed by atoms with Gasteiger partial charge < -0.3 is 9.69 Å². The molecule has 0 aromatic heterocycles. The maximum Gasteiger partial charge on any atom is 0.130 e. The maximum atomic E-state index is 11.2. The van der Waals surface area contributed by atoms with Gasteiger partial charge in [0.2, 0.25) is 0 Å². The Hall–Kier alpha value is -0.370. The molecule has 0 aliphatic heterocycles. The van der Waals surface area contributed by atoms with Gasteiger partial charge in [0.25, 0.3) is 0 Å². The van der Waals surface area contributed by atoms with E-state index < -0.39 is 0 Å². The molecule has 0 atom stereocenters. The summed E-state index contributed by atoms with van der Waals surface area (Å²) in [5.41, 5.74) is 0.205. The lowest BCUT2D eigenvalue weighted by atomic mass is 9.77. The molecule has 0 aromatic carbocycles. The number of rotatable bonds is 7. The molecule has 0 aliphatic rings. The van der Waals surface area contributed by atoms with Crippen molar-refractivity contribution < 1.29 is 4.79 Å². The van der Waals surface area contributed by atoms with Crippen LogP contribution in [0.5, 0.6) is 0 Å². The summed E-state index contributed by atoms with van der Waals surface area (Å²) in [5.74, 6) is 0.318. The van der Waals surface area contributed by atoms with Gasteiger partial charge in [0.1, 0.15) is 5.78 Å². The third-order valence-corrected chi connectivity index (χ3v) is 3.27. The molecule has 0 aliphatic carbocycles. The lowest BCUT2D eigenvalue weighted by molar-refractivity contribution is -0.119. The van der Waals surface area contributed by atoms with Gasteiger partial charge in [-0.15, -0.1) is 0 Å². The number of Topliss-reactive ketones (excluding diaryl/α,β-unsaturated/α-hetero) is 1. The highest BCUT2D eigenvalue weighted by atomic mass is 16.1. The third-order valence-electron chi connectivity index (χ3n) is 3.27. The van der Waals surface area contributed by atoms with E-state index in [-0.39, 0.29) is 5.41 Å². The van der Waals surface area contributed by atoms with Crippen molar-refractivity contribution in [1.29, 1.82) is 0 Å². The Balaban J connectivity index is 4.43. The Morgan fingerprint density at radius 2 is 1.71 bits per heavy atom. The number of hydrogen-bond acceptors (Lipinski definition) is 2. The van der Waals surface area contributed by atoms with E-state index in [4.69, 9.17) is 0 Å². The summed E-state index contributed by atoms with van der Waals surface area (Å²) in [6.45, 7) is 10.3. The SMILES string of the molecule is CCN(C)CC(CC)(CC)CC(C)=O. The van der Waals surface area contributed by atoms with Gasteiger partial charge in [-0.25, -0.2) is 0 Å². The van der Waals surface area contributed by atoms with Crippen LogP contribution in [0.25, 0.3) is 0 Å². The molecular weight excluding hydrogens is 174 g/mol. The molecule has 0 rings (SSSR count). The average Bonchev–Trinajstić information content (AvgIpc) is 2.15. The van der Waals surface area contributed by atoms with Gasteiger partial charge in [-0.3, -0.25) is 0 Å². The monoisotopic (exact) mass is 199 g/mol. The van der Waals surface area contributed by atoms with Crippen LogP contribution in [0.4, 0.5) is 0 Å². The molecule has 0 radical (unpaired) electrons. The van der Waals surface area contributed by atoms with Crippen molar-refractivity contribution in [2.45, 2.75) is 47.0 Å². The van der Waals surface area contributed by atoms with Crippen molar-refractivity contribution in [3.63, 3.8) is 0 Å². The molecule has 0 spiro atoms. The molecule has 84 valence electrons. The Bertz CT molecular complexity index is 173. The topological polar surface area (TPSA) is 20.3 Å². The molecule has 0 N–H and O–H groups in total. The predicted octanol–water partition coefficient (Wildman–Crippen LogP) is 2.72. The number of hydrogen-bond donors (Lipinski definition) is 0. The zero-order valence-electron chi connectivity index (χ0n) is 10.4. The smallest absolute Gasteiger partial charge is 0.130 e. The van der Waals surface area contributed by atoms with E-state index in [9.17, 15) is 4.79 Å². The zero-order chi connectivity index (χ0) is 11.2. The van der Waals surface area contributed by atoms with Crippen LogP contribution in [0.1, 0.15) is 47.0 Å². The molecular formula is C12H25NO. The van der Waals surface area contributed by atoms with Crippen molar-refractivity contribution >= 4 is 5.78 Å². The third kappa shape index (κ3) is 4.23. The average molecular weight is 199 g/mol. The van der Waals surface area contributed by atoms with E-state index in [0.29, 0.717) is 5.78 Å². The van der Waals surface area contributed by atoms with Crippen LogP contribution in [0.15, 0.2) is 0 Å². The highest BCUT2D eigenvalue weighted by Gasteiger charge is 2.28. The first-order valence-electron chi connectivity index (χ1n) is 5.67. The molecule has 2 heteroatoms. The Morgan fingerprint density at radius 3 is 2.00 bits per heavy atom. The highest BCUT2D eigenvalue weighted by molar-refractivity contribution is 5.76. The summed E-state index contributed by atoms with van der Waals surface area (Å²) in [5, 5.41) is 0. The van der Waals surface area contributed by atoms with Crippen LogP contribution in [-0.4, -0.2) is 30.8 Å². The van der Waals surface area contributed by atoms with Crippen LogP contribution >= 0.6 is 0 Å². The zero-order valence-corrected chi connectivity index (χ0v) is 10.4. The number of nitrogens with zero attached hydrogens (tertiary/aromatic N) is 1. The summed E-state index contributed by atoms with van der Waals surface area (Å²) in [7, 11) is 2.13. The van der Waals surface area contributed by atoms with Crippen molar-refractivity contribution in [3.05, 3.63) is 0 Å². The van der Waals surface area contributed by atoms with Crippen LogP contribution in [0.2, 0.25) is 0 Å². The van der Waals surface area contributed by atoms with Gasteiger partial charge in [0, 0.05) is 13.0 Å². The number of carbonyl (C=O) groups excluding carboxylic acids is 1. The van der Waals surface area contributed by atoms with Gasteiger partial charge in [-0.2, -0.15) is 0 Å². The van der Waals surface area contributed by atoms with E-state index in [1.165, 1.54) is 0 Å². The van der Waals surface area contributed by atoms with E-state index >= 15 is 0 Å². The Morgan fingerprint density at radius 1 is 1.21 bits per heavy atom. The summed E-state index contributed by atoms with van der Waals surface area (Å²) in [4.78, 5) is 13.5. The fourth-order valence-electron chi connectivity index (χ4n) is 1.99. The largest absolute Gasteiger partial charge is 0.306 e. The Labute approximate surface area is 88.7 Å². The van der Waals surface area contributed by atoms with Crippen molar-refractivity contribution in [2.75, 3.05) is 20.1 Å². The fraction of sp³-hybridized carbons (Fsp3) is 0.917. The number of carbonyl (C=O) groups is 1. The fourth-order valence-corrected chi connectivity index (χ4v) is 1.99. The van der Waals surface area contributed by atoms with E-state index in [2.05, 4.69) is 32.7 Å². The first-order valence-corrected chi connectivity index (χ1v) is 5.67. The van der Waals surface area contributed by atoms with Crippen molar-refractivity contribution in [3.8, 4) is 0 Å². The highest BCUT2D eigenvalue weighted by Crippen LogP contribution is 2.31. The van der Waals surface area contributed by atoms with Crippen molar-refractivity contribution in [1.82, 2.24) is 4.90 Å². The molecule has 0 saturated carbocycles. The lowest BCUT2D eigenvalue weighted by Crippen LogP contribution is -2.36. The normalized spacial score (nSPS) is 12.1. The number of ketones is 1. The molecule has 14 heavy (non-hydrogen) atoms. The molecule has 0 fully saturated rings. The van der Waals surface area contributed by atoms with Gasteiger partial charge in [-0.1, -0.05) is 20.8 Å². The van der Waals surface area contributed by atoms with Gasteiger partial charge in [0.05, 0.1) is 0 Å². The van der Waals surface area contributed by atoms with Gasteiger partial charge in [0.15, 0.2) is 0 Å². The minimum Gasteiger partial charge on any atom is -0.306 e. The van der Waals surface area contributed by atoms with Gasteiger partial charge >= 0.3 is 0 Å². The first-order chi connectivity index (χ1) is 6.49. The molecule has 0 amide bonds. The minimum absolute atomic E-state index is 0.205. The second-order valence-corrected chi connectivity index (χ2v) is 4.42. The van der Waals surface area contributed by atoms with Crippen molar-refractivity contribution in [2.24, 2.45) is 5.41 Å². The van der Waals surface area contributed by atoms with E-state index in [1.807, 2.05) is 0 Å². The maximum absolute atomic E-state index is 11.2.